The summed E-state index contributed by atoms with van der Waals surface area (Å²) in [5, 5.41) is 27.4. The zero-order valence-corrected chi connectivity index (χ0v) is 18.6. The van der Waals surface area contributed by atoms with Gasteiger partial charge in [0.05, 0.1) is 6.10 Å². The number of hydrogen-bond donors (Lipinski definition) is 4. The van der Waals surface area contributed by atoms with Crippen LogP contribution >= 0.6 is 0 Å². The molecule has 10 nitrogen and oxygen atoms in total. The van der Waals surface area contributed by atoms with Gasteiger partial charge in [0.25, 0.3) is 5.91 Å². The number of aliphatic hydroxyl groups is 1. The summed E-state index contributed by atoms with van der Waals surface area (Å²) in [5.74, 6) is -2.09. The molecule has 4 rings (SSSR count). The second-order valence-electron chi connectivity index (χ2n) is 8.02. The first-order chi connectivity index (χ1) is 16.3. The maximum absolute atomic E-state index is 12.5. The lowest BCUT2D eigenvalue weighted by Gasteiger charge is -2.15. The molecule has 2 amide bonds. The fraction of sp³-hybridized carbons (Fsp3) is 0.250. The van der Waals surface area contributed by atoms with Crippen LogP contribution in [0.4, 0.5) is 10.6 Å². The molecular weight excluding hydrogens is 440 g/mol. The minimum absolute atomic E-state index is 0.0977. The van der Waals surface area contributed by atoms with Crippen molar-refractivity contribution >= 4 is 23.8 Å². The van der Waals surface area contributed by atoms with Crippen molar-refractivity contribution in [2.45, 2.75) is 25.0 Å². The maximum Gasteiger partial charge on any atom is 0.412 e. The Bertz CT molecular complexity index is 1210. The standard InChI is InChI=1S/C24H24N4O6/c1-13(29)21(23(31)32)26-22(30)19-11-20(28(2)27-19)25-24(33)34-12-18-16-9-5-3-7-14(16)15-8-4-6-10-17(15)18/h3-11,13,18,21,29H,12H2,1-2H3,(H,25,33)(H,26,30)(H,31,32)/t13-,21+/m1/s1. The first-order valence-corrected chi connectivity index (χ1v) is 10.6. The molecule has 10 heteroatoms. The summed E-state index contributed by atoms with van der Waals surface area (Å²) >= 11 is 0. The van der Waals surface area contributed by atoms with Crippen LogP contribution in [0.5, 0.6) is 0 Å². The number of nitrogens with one attached hydrogen (secondary N) is 2. The summed E-state index contributed by atoms with van der Waals surface area (Å²) < 4.78 is 6.75. The minimum atomic E-state index is -1.49. The van der Waals surface area contributed by atoms with Gasteiger partial charge in [-0.2, -0.15) is 5.10 Å². The monoisotopic (exact) mass is 464 g/mol. The Morgan fingerprint density at radius 1 is 1.09 bits per heavy atom. The van der Waals surface area contributed by atoms with Crippen LogP contribution in [-0.4, -0.2) is 56.7 Å². The molecule has 0 radical (unpaired) electrons. The molecule has 176 valence electrons. The lowest BCUT2D eigenvalue weighted by atomic mass is 9.98. The molecule has 0 saturated heterocycles. The van der Waals surface area contributed by atoms with Crippen molar-refractivity contribution in [2.75, 3.05) is 11.9 Å². The third kappa shape index (κ3) is 4.48. The third-order valence-electron chi connectivity index (χ3n) is 5.72. The molecule has 0 spiro atoms. The fourth-order valence-corrected chi connectivity index (χ4v) is 4.04. The molecule has 1 aliphatic carbocycles. The van der Waals surface area contributed by atoms with E-state index >= 15 is 0 Å². The third-order valence-corrected chi connectivity index (χ3v) is 5.72. The van der Waals surface area contributed by atoms with Crippen LogP contribution in [0.2, 0.25) is 0 Å². The molecular formula is C24H24N4O6. The maximum atomic E-state index is 12.5. The van der Waals surface area contributed by atoms with Crippen LogP contribution in [0.15, 0.2) is 54.6 Å². The normalized spacial score (nSPS) is 14.0. The molecule has 2 atom stereocenters. The topological polar surface area (TPSA) is 143 Å². The van der Waals surface area contributed by atoms with Gasteiger partial charge in [-0.1, -0.05) is 48.5 Å². The number of ether oxygens (including phenoxy) is 1. The van der Waals surface area contributed by atoms with Gasteiger partial charge >= 0.3 is 12.1 Å². The van der Waals surface area contributed by atoms with E-state index in [1.54, 1.807) is 0 Å². The van der Waals surface area contributed by atoms with E-state index in [9.17, 15) is 19.5 Å². The van der Waals surface area contributed by atoms with Crippen LogP contribution in [0.25, 0.3) is 11.1 Å². The highest BCUT2D eigenvalue weighted by Gasteiger charge is 2.30. The molecule has 0 unspecified atom stereocenters. The number of aliphatic carboxylic acids is 1. The summed E-state index contributed by atoms with van der Waals surface area (Å²) in [7, 11) is 1.51. The summed E-state index contributed by atoms with van der Waals surface area (Å²) in [6.07, 6.45) is -2.02. The highest BCUT2D eigenvalue weighted by molar-refractivity contribution is 5.96. The largest absolute Gasteiger partial charge is 0.480 e. The Morgan fingerprint density at radius 2 is 1.68 bits per heavy atom. The second-order valence-corrected chi connectivity index (χ2v) is 8.02. The second kappa shape index (κ2) is 9.36. The number of amides is 2. The molecule has 0 aliphatic heterocycles. The zero-order chi connectivity index (χ0) is 24.4. The van der Waals surface area contributed by atoms with Crippen molar-refractivity contribution in [1.82, 2.24) is 15.1 Å². The summed E-state index contributed by atoms with van der Waals surface area (Å²) in [5.41, 5.74) is 4.28. The van der Waals surface area contributed by atoms with Gasteiger partial charge in [0.15, 0.2) is 11.7 Å². The van der Waals surface area contributed by atoms with Crippen molar-refractivity contribution in [2.24, 2.45) is 7.05 Å². The van der Waals surface area contributed by atoms with Crippen molar-refractivity contribution in [3.63, 3.8) is 0 Å². The lowest BCUT2D eigenvalue weighted by Crippen LogP contribution is -2.47. The molecule has 34 heavy (non-hydrogen) atoms. The number of nitrogens with zero attached hydrogens (tertiary/aromatic N) is 2. The van der Waals surface area contributed by atoms with Crippen molar-refractivity contribution in [1.29, 1.82) is 0 Å². The number of rotatable bonds is 7. The van der Waals surface area contributed by atoms with Gasteiger partial charge in [0.2, 0.25) is 0 Å². The predicted octanol–water partition coefficient (Wildman–Crippen LogP) is 2.34. The average Bonchev–Trinajstić information content (AvgIpc) is 3.33. The van der Waals surface area contributed by atoms with Crippen molar-refractivity contribution in [3.05, 3.63) is 71.4 Å². The van der Waals surface area contributed by atoms with Crippen LogP contribution in [0, 0.1) is 0 Å². The highest BCUT2D eigenvalue weighted by Crippen LogP contribution is 2.44. The first-order valence-electron chi connectivity index (χ1n) is 10.6. The van der Waals surface area contributed by atoms with E-state index in [-0.39, 0.29) is 24.0 Å². The predicted molar refractivity (Wildman–Crippen MR) is 122 cm³/mol. The lowest BCUT2D eigenvalue weighted by molar-refractivity contribution is -0.141. The number of hydrogen-bond acceptors (Lipinski definition) is 6. The SMILES string of the molecule is C[C@@H](O)[C@H](NC(=O)c1cc(NC(=O)OCC2c3ccccc3-c3ccccc32)n(C)n1)C(=O)O. The van der Waals surface area contributed by atoms with Crippen LogP contribution in [0.3, 0.4) is 0 Å². The smallest absolute Gasteiger partial charge is 0.412 e. The Hall–Kier alpha value is -4.18. The van der Waals surface area contributed by atoms with Crippen LogP contribution in [0.1, 0.15) is 34.5 Å². The Labute approximate surface area is 195 Å². The van der Waals surface area contributed by atoms with Crippen LogP contribution < -0.4 is 10.6 Å². The fourth-order valence-electron chi connectivity index (χ4n) is 4.04. The van der Waals surface area contributed by atoms with Crippen LogP contribution in [-0.2, 0) is 16.6 Å². The molecule has 0 saturated carbocycles. The van der Waals surface area contributed by atoms with E-state index in [0.29, 0.717) is 0 Å². The number of anilines is 1. The van der Waals surface area contributed by atoms with Crippen molar-refractivity contribution < 1.29 is 29.3 Å². The quantitative estimate of drug-likeness (QED) is 0.420. The molecule has 3 aromatic rings. The van der Waals surface area contributed by atoms with E-state index < -0.39 is 30.1 Å². The first kappa shape index (κ1) is 23.0. The van der Waals surface area contributed by atoms with E-state index in [2.05, 4.69) is 15.7 Å². The van der Waals surface area contributed by atoms with Gasteiger partial charge in [-0.15, -0.1) is 0 Å². The average molecular weight is 464 g/mol. The number of benzene rings is 2. The zero-order valence-electron chi connectivity index (χ0n) is 18.6. The molecule has 4 N–H and O–H groups in total. The van der Waals surface area contributed by atoms with E-state index in [1.165, 1.54) is 24.7 Å². The number of carboxylic acid groups (broad SMARTS) is 1. The number of fused-ring (bicyclic) bond motifs is 3. The summed E-state index contributed by atoms with van der Waals surface area (Å²) in [4.78, 5) is 36.0. The number of aryl methyl sites for hydroxylation is 1. The van der Waals surface area contributed by atoms with E-state index in [4.69, 9.17) is 9.84 Å². The highest BCUT2D eigenvalue weighted by atomic mass is 16.5. The Kier molecular flexibility index (Phi) is 6.33. The molecule has 1 aliphatic rings. The number of carbonyl (C=O) groups excluding carboxylic acids is 2. The minimum Gasteiger partial charge on any atom is -0.480 e. The number of aliphatic hydroxyl groups excluding tert-OH is 1. The van der Waals surface area contributed by atoms with Gasteiger partial charge in [-0.25, -0.2) is 9.59 Å². The van der Waals surface area contributed by atoms with E-state index in [1.807, 2.05) is 48.5 Å². The molecule has 1 aromatic heterocycles. The summed E-state index contributed by atoms with van der Waals surface area (Å²) in [6.45, 7) is 1.38. The number of aromatic nitrogens is 2. The molecule has 2 aromatic carbocycles. The molecule has 0 bridgehead atoms. The van der Waals surface area contributed by atoms with E-state index in [0.717, 1.165) is 22.3 Å². The Balaban J connectivity index is 1.41. The number of carboxylic acids is 1. The molecule has 0 fully saturated rings. The van der Waals surface area contributed by atoms with Gasteiger partial charge < -0.3 is 20.3 Å². The molecule has 1 heterocycles. The Morgan fingerprint density at radius 3 is 2.24 bits per heavy atom. The van der Waals surface area contributed by atoms with Gasteiger partial charge in [0.1, 0.15) is 12.4 Å². The van der Waals surface area contributed by atoms with Gasteiger partial charge in [0, 0.05) is 19.0 Å². The number of carbonyl (C=O) groups is 3. The van der Waals surface area contributed by atoms with Crippen molar-refractivity contribution in [3.8, 4) is 11.1 Å². The summed E-state index contributed by atoms with van der Waals surface area (Å²) in [6, 6.07) is 15.8. The van der Waals surface area contributed by atoms with Gasteiger partial charge in [-0.3, -0.25) is 14.8 Å². The van der Waals surface area contributed by atoms with Gasteiger partial charge in [-0.05, 0) is 29.2 Å².